The Balaban J connectivity index is 1.17. The molecule has 15 heteroatoms. The first-order chi connectivity index (χ1) is 18.8. The Morgan fingerprint density at radius 3 is 2.82 bits per heavy atom. The summed E-state index contributed by atoms with van der Waals surface area (Å²) in [6.45, 7) is 2.21. The van der Waals surface area contributed by atoms with E-state index >= 15 is 0 Å². The zero-order valence-corrected chi connectivity index (χ0v) is 21.0. The van der Waals surface area contributed by atoms with Crippen molar-refractivity contribution in [1.29, 1.82) is 0 Å². The number of cyclic esters (lactones) is 1. The van der Waals surface area contributed by atoms with Gasteiger partial charge in [0.05, 0.1) is 37.6 Å². The molecule has 4 amide bonds. The molecule has 0 unspecified atom stereocenters. The number of carbonyl (C=O) groups excluding carboxylic acids is 4. The zero-order valence-electron chi connectivity index (χ0n) is 21.0. The fraction of sp³-hybridized carbons (Fsp3) is 0.333. The standard InChI is InChI=1S/C24H27FN8O6/c1-2-38-23(36)30-11-16-13-33(24(37)39-16)15-4-5-18(17(25)10-15)26-7-8-27-20(34)12-29-21(35)19-14-32-9-3-6-28-22(32)31-19/h3-6,9-10,14,16,26H,2,7-8,11-13H2,1H3,(H,27,34)(H,29,35)(H,30,36)/t16-/m0/s1. The lowest BCUT2D eigenvalue weighted by atomic mass is 10.2. The van der Waals surface area contributed by atoms with Crippen molar-refractivity contribution in [3.05, 3.63) is 54.4 Å². The number of anilines is 2. The summed E-state index contributed by atoms with van der Waals surface area (Å²) >= 11 is 0. The van der Waals surface area contributed by atoms with Crippen LogP contribution in [0.25, 0.3) is 5.78 Å². The van der Waals surface area contributed by atoms with Gasteiger partial charge in [0.1, 0.15) is 17.6 Å². The van der Waals surface area contributed by atoms with Crippen LogP contribution in [0.1, 0.15) is 17.4 Å². The lowest BCUT2D eigenvalue weighted by Gasteiger charge is -2.15. The highest BCUT2D eigenvalue weighted by Gasteiger charge is 2.33. The van der Waals surface area contributed by atoms with Crippen LogP contribution in [0.3, 0.4) is 0 Å². The molecule has 0 bridgehead atoms. The second-order valence-electron chi connectivity index (χ2n) is 8.29. The number of hydrogen-bond acceptors (Lipinski definition) is 9. The van der Waals surface area contributed by atoms with Crippen LogP contribution in [-0.2, 0) is 14.3 Å². The zero-order chi connectivity index (χ0) is 27.8. The number of halogens is 1. The lowest BCUT2D eigenvalue weighted by Crippen LogP contribution is -2.38. The van der Waals surface area contributed by atoms with Crippen molar-refractivity contribution < 1.29 is 33.0 Å². The van der Waals surface area contributed by atoms with E-state index in [-0.39, 0.29) is 50.7 Å². The first kappa shape index (κ1) is 27.1. The molecule has 0 radical (unpaired) electrons. The summed E-state index contributed by atoms with van der Waals surface area (Å²) in [5, 5.41) is 10.5. The maximum absolute atomic E-state index is 14.6. The van der Waals surface area contributed by atoms with Crippen LogP contribution < -0.4 is 26.2 Å². The number of nitrogens with one attached hydrogen (secondary N) is 4. The van der Waals surface area contributed by atoms with Gasteiger partial charge < -0.3 is 30.7 Å². The number of nitrogens with zero attached hydrogens (tertiary/aromatic N) is 4. The quantitative estimate of drug-likeness (QED) is 0.257. The molecule has 1 aromatic carbocycles. The third-order valence-corrected chi connectivity index (χ3v) is 5.53. The van der Waals surface area contributed by atoms with Gasteiger partial charge in [0.2, 0.25) is 11.7 Å². The van der Waals surface area contributed by atoms with Gasteiger partial charge in [-0.05, 0) is 31.2 Å². The number of aromatic nitrogens is 3. The number of alkyl carbamates (subject to hydrolysis) is 1. The predicted molar refractivity (Wildman–Crippen MR) is 136 cm³/mol. The van der Waals surface area contributed by atoms with Crippen molar-refractivity contribution in [1.82, 2.24) is 30.3 Å². The highest BCUT2D eigenvalue weighted by atomic mass is 19.1. The number of fused-ring (bicyclic) bond motifs is 1. The first-order valence-corrected chi connectivity index (χ1v) is 12.1. The average Bonchev–Trinajstić information content (AvgIpc) is 3.53. The molecule has 0 aliphatic carbocycles. The number of amides is 4. The van der Waals surface area contributed by atoms with Crippen molar-refractivity contribution in [2.45, 2.75) is 13.0 Å². The summed E-state index contributed by atoms with van der Waals surface area (Å²) in [6.07, 6.45) is 2.89. The minimum absolute atomic E-state index is 0.0661. The van der Waals surface area contributed by atoms with Crippen molar-refractivity contribution >= 4 is 41.2 Å². The maximum Gasteiger partial charge on any atom is 0.414 e. The van der Waals surface area contributed by atoms with Crippen molar-refractivity contribution in [3.8, 4) is 0 Å². The Morgan fingerprint density at radius 1 is 1.21 bits per heavy atom. The largest absolute Gasteiger partial charge is 0.450 e. The summed E-state index contributed by atoms with van der Waals surface area (Å²) in [7, 11) is 0. The summed E-state index contributed by atoms with van der Waals surface area (Å²) in [6, 6.07) is 5.91. The predicted octanol–water partition coefficient (Wildman–Crippen LogP) is 0.898. The van der Waals surface area contributed by atoms with E-state index in [1.807, 2.05) is 0 Å². The molecule has 3 aromatic rings. The fourth-order valence-corrected chi connectivity index (χ4v) is 3.69. The Kier molecular flexibility index (Phi) is 8.71. The van der Waals surface area contributed by atoms with Gasteiger partial charge in [-0.25, -0.2) is 23.9 Å². The summed E-state index contributed by atoms with van der Waals surface area (Å²) in [4.78, 5) is 57.2. The molecule has 39 heavy (non-hydrogen) atoms. The van der Waals surface area contributed by atoms with E-state index in [9.17, 15) is 23.6 Å². The molecule has 1 fully saturated rings. The van der Waals surface area contributed by atoms with Gasteiger partial charge in [0, 0.05) is 31.7 Å². The van der Waals surface area contributed by atoms with Crippen LogP contribution in [0.2, 0.25) is 0 Å². The van der Waals surface area contributed by atoms with E-state index in [1.165, 1.54) is 23.2 Å². The minimum atomic E-state index is -0.654. The maximum atomic E-state index is 14.6. The fourth-order valence-electron chi connectivity index (χ4n) is 3.69. The molecule has 1 atom stereocenters. The van der Waals surface area contributed by atoms with Crippen LogP contribution in [-0.4, -0.2) is 83.8 Å². The highest BCUT2D eigenvalue weighted by molar-refractivity contribution is 5.95. The smallest absolute Gasteiger partial charge is 0.414 e. The van der Waals surface area contributed by atoms with E-state index < -0.39 is 35.9 Å². The van der Waals surface area contributed by atoms with E-state index in [0.717, 1.165) is 0 Å². The molecule has 3 heterocycles. The molecule has 1 aliphatic rings. The third kappa shape index (κ3) is 7.09. The van der Waals surface area contributed by atoms with Gasteiger partial charge in [0.25, 0.3) is 5.91 Å². The summed E-state index contributed by atoms with van der Waals surface area (Å²) < 4.78 is 26.2. The van der Waals surface area contributed by atoms with E-state index in [4.69, 9.17) is 9.47 Å². The van der Waals surface area contributed by atoms with Crippen LogP contribution in [0.15, 0.2) is 42.9 Å². The van der Waals surface area contributed by atoms with Gasteiger partial charge in [-0.3, -0.25) is 18.9 Å². The van der Waals surface area contributed by atoms with Crippen LogP contribution in [0.5, 0.6) is 0 Å². The Hall–Kier alpha value is -4.95. The van der Waals surface area contributed by atoms with Gasteiger partial charge in [-0.15, -0.1) is 0 Å². The number of ether oxygens (including phenoxy) is 2. The second kappa shape index (κ2) is 12.5. The lowest BCUT2D eigenvalue weighted by molar-refractivity contribution is -0.120. The Bertz CT molecular complexity index is 1330. The molecule has 14 nitrogen and oxygen atoms in total. The van der Waals surface area contributed by atoms with Gasteiger partial charge >= 0.3 is 12.2 Å². The van der Waals surface area contributed by atoms with Crippen molar-refractivity contribution in [2.75, 3.05) is 49.5 Å². The number of imidazole rings is 1. The van der Waals surface area contributed by atoms with Gasteiger partial charge in [-0.1, -0.05) is 0 Å². The van der Waals surface area contributed by atoms with Gasteiger partial charge in [-0.2, -0.15) is 0 Å². The second-order valence-corrected chi connectivity index (χ2v) is 8.29. The van der Waals surface area contributed by atoms with Crippen LogP contribution in [0, 0.1) is 5.82 Å². The SMILES string of the molecule is CCOC(=O)NC[C@H]1CN(c2ccc(NCCNC(=O)CNC(=O)c3cn4cccnc4n3)c(F)c2)C(=O)O1. The van der Waals surface area contributed by atoms with E-state index in [1.54, 1.807) is 35.9 Å². The molecule has 1 aliphatic heterocycles. The normalized spacial score (nSPS) is 14.6. The molecular formula is C24H27FN8O6. The molecule has 0 spiro atoms. The Morgan fingerprint density at radius 2 is 2.05 bits per heavy atom. The number of benzene rings is 1. The molecule has 206 valence electrons. The topological polar surface area (TPSA) is 168 Å². The average molecular weight is 543 g/mol. The molecule has 2 aromatic heterocycles. The highest BCUT2D eigenvalue weighted by Crippen LogP contribution is 2.25. The number of carbonyl (C=O) groups is 4. The van der Waals surface area contributed by atoms with Gasteiger partial charge in [0.15, 0.2) is 0 Å². The molecule has 0 saturated carbocycles. The molecule has 4 rings (SSSR count). The molecule has 1 saturated heterocycles. The molecule has 4 N–H and O–H groups in total. The molecular weight excluding hydrogens is 515 g/mol. The minimum Gasteiger partial charge on any atom is -0.450 e. The third-order valence-electron chi connectivity index (χ3n) is 5.53. The van der Waals surface area contributed by atoms with Crippen molar-refractivity contribution in [3.63, 3.8) is 0 Å². The Labute approximate surface area is 221 Å². The number of hydrogen-bond donors (Lipinski definition) is 4. The monoisotopic (exact) mass is 542 g/mol. The number of rotatable bonds is 11. The van der Waals surface area contributed by atoms with Crippen LogP contribution >= 0.6 is 0 Å². The first-order valence-electron chi connectivity index (χ1n) is 12.1. The summed E-state index contributed by atoms with van der Waals surface area (Å²) in [5.74, 6) is -1.18. The van der Waals surface area contributed by atoms with Crippen LogP contribution in [0.4, 0.5) is 25.4 Å². The van der Waals surface area contributed by atoms with E-state index in [2.05, 4.69) is 31.2 Å². The van der Waals surface area contributed by atoms with E-state index in [0.29, 0.717) is 11.5 Å². The summed E-state index contributed by atoms with van der Waals surface area (Å²) in [5.41, 5.74) is 0.607. The van der Waals surface area contributed by atoms with Crippen molar-refractivity contribution in [2.24, 2.45) is 0 Å².